The van der Waals surface area contributed by atoms with E-state index in [1.165, 1.54) is 12.8 Å². The number of H-pyrrole nitrogens is 1. The van der Waals surface area contributed by atoms with Crippen molar-refractivity contribution in [1.82, 2.24) is 4.98 Å². The monoisotopic (exact) mass is 247 g/mol. The van der Waals surface area contributed by atoms with Crippen LogP contribution < -0.4 is 16.8 Å². The Bertz CT molecular complexity index is 602. The molecule has 0 aliphatic heterocycles. The number of fused-ring (bicyclic) bond motifs is 1. The van der Waals surface area contributed by atoms with Crippen LogP contribution in [0.3, 0.4) is 0 Å². The fraction of sp³-hybridized carbons (Fsp3) is 0.462. The van der Waals surface area contributed by atoms with Gasteiger partial charge in [-0.25, -0.2) is 4.79 Å². The van der Waals surface area contributed by atoms with Gasteiger partial charge >= 0.3 is 5.76 Å². The molecular weight excluding hydrogens is 230 g/mol. The molecular formula is C13H17N3O2. The molecule has 5 heteroatoms. The summed E-state index contributed by atoms with van der Waals surface area (Å²) in [6, 6.07) is 6.13. The molecule has 96 valence electrons. The molecule has 0 spiro atoms. The van der Waals surface area contributed by atoms with Crippen LogP contribution in [-0.4, -0.2) is 17.1 Å². The highest BCUT2D eigenvalue weighted by atomic mass is 16.4. The first-order chi connectivity index (χ1) is 8.72. The van der Waals surface area contributed by atoms with Crippen LogP contribution >= 0.6 is 0 Å². The Kier molecular flexibility index (Phi) is 2.83. The van der Waals surface area contributed by atoms with Gasteiger partial charge in [0, 0.05) is 23.8 Å². The number of anilines is 1. The van der Waals surface area contributed by atoms with E-state index in [9.17, 15) is 4.79 Å². The fourth-order valence-corrected chi connectivity index (χ4v) is 2.59. The van der Waals surface area contributed by atoms with Crippen LogP contribution in [0.1, 0.15) is 25.7 Å². The number of nitrogens with one attached hydrogen (secondary N) is 2. The highest BCUT2D eigenvalue weighted by Gasteiger charge is 2.21. The number of benzene rings is 1. The average Bonchev–Trinajstić information content (AvgIpc) is 2.71. The van der Waals surface area contributed by atoms with E-state index in [1.54, 1.807) is 0 Å². The number of aromatic amines is 1. The molecule has 0 amide bonds. The Balaban J connectivity index is 1.83. The zero-order valence-electron chi connectivity index (χ0n) is 10.1. The van der Waals surface area contributed by atoms with Crippen molar-refractivity contribution in [1.29, 1.82) is 0 Å². The minimum Gasteiger partial charge on any atom is -0.408 e. The van der Waals surface area contributed by atoms with Gasteiger partial charge in [-0.2, -0.15) is 0 Å². The third kappa shape index (κ3) is 2.13. The van der Waals surface area contributed by atoms with Crippen LogP contribution in [0, 0.1) is 0 Å². The lowest BCUT2D eigenvalue weighted by Gasteiger charge is -2.30. The Hall–Kier alpha value is -1.75. The highest BCUT2D eigenvalue weighted by molar-refractivity contribution is 5.76. The van der Waals surface area contributed by atoms with Gasteiger partial charge < -0.3 is 15.5 Å². The minimum atomic E-state index is -0.420. The van der Waals surface area contributed by atoms with Gasteiger partial charge in [-0.1, -0.05) is 12.8 Å². The molecule has 1 heterocycles. The Morgan fingerprint density at radius 2 is 2.17 bits per heavy atom. The van der Waals surface area contributed by atoms with Crippen molar-refractivity contribution in [2.75, 3.05) is 5.32 Å². The number of hydrogen-bond acceptors (Lipinski definition) is 4. The molecule has 1 aromatic heterocycles. The fourth-order valence-electron chi connectivity index (χ4n) is 2.59. The second-order valence-electron chi connectivity index (χ2n) is 4.92. The second-order valence-corrected chi connectivity index (χ2v) is 4.92. The average molecular weight is 247 g/mol. The van der Waals surface area contributed by atoms with Crippen molar-refractivity contribution in [3.63, 3.8) is 0 Å². The van der Waals surface area contributed by atoms with Gasteiger partial charge in [0.2, 0.25) is 0 Å². The number of aromatic nitrogens is 1. The predicted molar refractivity (Wildman–Crippen MR) is 70.7 cm³/mol. The molecule has 0 radical (unpaired) electrons. The first-order valence-electron chi connectivity index (χ1n) is 6.37. The molecule has 1 aromatic carbocycles. The number of oxazole rings is 1. The van der Waals surface area contributed by atoms with Gasteiger partial charge in [0.25, 0.3) is 0 Å². The van der Waals surface area contributed by atoms with E-state index in [0.29, 0.717) is 11.6 Å². The van der Waals surface area contributed by atoms with E-state index in [-0.39, 0.29) is 6.04 Å². The summed E-state index contributed by atoms with van der Waals surface area (Å²) < 4.78 is 5.04. The third-order valence-electron chi connectivity index (χ3n) is 3.59. The van der Waals surface area contributed by atoms with Crippen LogP contribution in [0.4, 0.5) is 5.69 Å². The van der Waals surface area contributed by atoms with Crippen molar-refractivity contribution in [2.24, 2.45) is 5.73 Å². The van der Waals surface area contributed by atoms with Crippen LogP contribution in [0.5, 0.6) is 0 Å². The van der Waals surface area contributed by atoms with Gasteiger partial charge in [0.05, 0.1) is 5.52 Å². The highest BCUT2D eigenvalue weighted by Crippen LogP contribution is 2.23. The molecule has 2 aromatic rings. The van der Waals surface area contributed by atoms with Gasteiger partial charge in [-0.3, -0.25) is 4.98 Å². The zero-order chi connectivity index (χ0) is 12.5. The van der Waals surface area contributed by atoms with E-state index in [0.717, 1.165) is 24.0 Å². The number of rotatable bonds is 2. The molecule has 4 N–H and O–H groups in total. The Labute approximate surface area is 104 Å². The van der Waals surface area contributed by atoms with Gasteiger partial charge in [0.1, 0.15) is 0 Å². The standard InChI is InChI=1S/C13H17N3O2/c14-9-3-1-2-4-10(9)15-8-5-6-11-12(7-8)18-13(17)16-11/h5-7,9-10,15H,1-4,14H2,(H,16,17). The van der Waals surface area contributed by atoms with E-state index in [4.69, 9.17) is 10.2 Å². The van der Waals surface area contributed by atoms with Crippen molar-refractivity contribution in [3.05, 3.63) is 28.7 Å². The normalized spacial score (nSPS) is 24.3. The predicted octanol–water partition coefficient (Wildman–Crippen LogP) is 1.80. The smallest absolute Gasteiger partial charge is 0.408 e. The maximum Gasteiger partial charge on any atom is 0.417 e. The summed E-state index contributed by atoms with van der Waals surface area (Å²) in [5.41, 5.74) is 8.35. The topological polar surface area (TPSA) is 84.0 Å². The zero-order valence-corrected chi connectivity index (χ0v) is 10.1. The molecule has 18 heavy (non-hydrogen) atoms. The summed E-state index contributed by atoms with van der Waals surface area (Å²) in [5, 5.41) is 3.43. The van der Waals surface area contributed by atoms with Crippen LogP contribution in [0.2, 0.25) is 0 Å². The molecule has 2 atom stereocenters. The van der Waals surface area contributed by atoms with Gasteiger partial charge in [-0.15, -0.1) is 0 Å². The van der Waals surface area contributed by atoms with E-state index in [1.807, 2.05) is 18.2 Å². The van der Waals surface area contributed by atoms with Crippen molar-refractivity contribution in [3.8, 4) is 0 Å². The molecule has 5 nitrogen and oxygen atoms in total. The third-order valence-corrected chi connectivity index (χ3v) is 3.59. The number of hydrogen-bond donors (Lipinski definition) is 3. The summed E-state index contributed by atoms with van der Waals surface area (Å²) in [7, 11) is 0. The van der Waals surface area contributed by atoms with Crippen LogP contribution in [0.15, 0.2) is 27.4 Å². The maximum atomic E-state index is 11.1. The van der Waals surface area contributed by atoms with E-state index in [2.05, 4.69) is 10.3 Å². The van der Waals surface area contributed by atoms with Gasteiger partial charge in [0.15, 0.2) is 5.58 Å². The van der Waals surface area contributed by atoms with Crippen molar-refractivity contribution in [2.45, 2.75) is 37.8 Å². The minimum absolute atomic E-state index is 0.202. The summed E-state index contributed by atoms with van der Waals surface area (Å²) in [6.07, 6.45) is 4.59. The quantitative estimate of drug-likeness (QED) is 0.755. The van der Waals surface area contributed by atoms with Gasteiger partial charge in [-0.05, 0) is 25.0 Å². The summed E-state index contributed by atoms with van der Waals surface area (Å²) in [4.78, 5) is 13.7. The Morgan fingerprint density at radius 1 is 1.33 bits per heavy atom. The van der Waals surface area contributed by atoms with Crippen LogP contribution in [-0.2, 0) is 0 Å². The lowest BCUT2D eigenvalue weighted by atomic mass is 9.91. The molecule has 1 saturated carbocycles. The summed E-state index contributed by atoms with van der Waals surface area (Å²) in [6.45, 7) is 0. The second kappa shape index (κ2) is 4.49. The van der Waals surface area contributed by atoms with Crippen molar-refractivity contribution >= 4 is 16.8 Å². The van der Waals surface area contributed by atoms with E-state index >= 15 is 0 Å². The lowest BCUT2D eigenvalue weighted by molar-refractivity contribution is 0.404. The largest absolute Gasteiger partial charge is 0.417 e. The molecule has 2 unspecified atom stereocenters. The summed E-state index contributed by atoms with van der Waals surface area (Å²) >= 11 is 0. The molecule has 1 aliphatic rings. The first kappa shape index (κ1) is 11.3. The van der Waals surface area contributed by atoms with E-state index < -0.39 is 5.76 Å². The maximum absolute atomic E-state index is 11.1. The first-order valence-corrected chi connectivity index (χ1v) is 6.37. The number of nitrogens with two attached hydrogens (primary N) is 1. The molecule has 1 fully saturated rings. The molecule has 0 saturated heterocycles. The van der Waals surface area contributed by atoms with Crippen molar-refractivity contribution < 1.29 is 4.42 Å². The lowest BCUT2D eigenvalue weighted by Crippen LogP contribution is -2.42. The SMILES string of the molecule is NC1CCCCC1Nc1ccc2[nH]c(=O)oc2c1. The molecule has 0 bridgehead atoms. The molecule has 3 rings (SSSR count). The Morgan fingerprint density at radius 3 is 3.00 bits per heavy atom. The summed E-state index contributed by atoms with van der Waals surface area (Å²) in [5.74, 6) is -0.420. The molecule has 1 aliphatic carbocycles. The van der Waals surface area contributed by atoms with Crippen LogP contribution in [0.25, 0.3) is 11.1 Å².